The maximum Gasteiger partial charge on any atom is 0.407 e. The van der Waals surface area contributed by atoms with Crippen molar-refractivity contribution in [1.82, 2.24) is 40.4 Å². The summed E-state index contributed by atoms with van der Waals surface area (Å²) >= 11 is 0. The standard InChI is InChI=1S/C48H58N8O7/c1-25(2)39(53-47(59)61-5)45(57)55-27(4)26(3)21-38(55)43-50-36-16-13-32-22-31(12-15-35(32)41(36)52-43)28-7-9-29(10-8-28)37-24-49-44(51-37)42-33-11-14-34(23-33)56(42)46(58)40(54-48(60)62-6)30-17-19-63-20-18-30/h7-10,12-13,15-16,22,24-27,30,33-34,38-40,42H,11,14,17-21,23H2,1-6H3,(H,49,51)(H,50,52)(H,53,59)(H,54,60)/t26-,27?,33+,34-,38+,39+,40+,42+/m1/s1. The van der Waals surface area contributed by atoms with Gasteiger partial charge in [-0.1, -0.05) is 63.2 Å². The molecule has 0 radical (unpaired) electrons. The number of carbonyl (C=O) groups is 4. The van der Waals surface area contributed by atoms with Gasteiger partial charge in [0.15, 0.2) is 0 Å². The zero-order valence-electron chi connectivity index (χ0n) is 36.9. The number of hydrogen-bond donors (Lipinski definition) is 4. The Hall–Kier alpha value is -5.96. The van der Waals surface area contributed by atoms with Crippen molar-refractivity contribution in [1.29, 1.82) is 0 Å². The van der Waals surface area contributed by atoms with E-state index in [9.17, 15) is 19.2 Å². The summed E-state index contributed by atoms with van der Waals surface area (Å²) < 4.78 is 15.4. The number of aromatic nitrogens is 4. The lowest BCUT2D eigenvalue weighted by atomic mass is 9.89. The molecule has 63 heavy (non-hydrogen) atoms. The molecule has 15 heteroatoms. The Bertz CT molecular complexity index is 2510. The molecule has 4 N–H and O–H groups in total. The number of imidazole rings is 2. The lowest BCUT2D eigenvalue weighted by Gasteiger charge is -2.39. The van der Waals surface area contributed by atoms with Crippen LogP contribution in [0.25, 0.3) is 44.2 Å². The predicted molar refractivity (Wildman–Crippen MR) is 237 cm³/mol. The number of likely N-dealkylation sites (tertiary alicyclic amines) is 2. The summed E-state index contributed by atoms with van der Waals surface area (Å²) in [5, 5.41) is 7.69. The van der Waals surface area contributed by atoms with Crippen molar-refractivity contribution >= 4 is 45.8 Å². The molecule has 5 heterocycles. The number of carbonyl (C=O) groups excluding carboxylic acids is 4. The van der Waals surface area contributed by atoms with Crippen LogP contribution in [0.3, 0.4) is 0 Å². The zero-order chi connectivity index (χ0) is 44.1. The Balaban J connectivity index is 0.934. The van der Waals surface area contributed by atoms with Crippen molar-refractivity contribution in [3.63, 3.8) is 0 Å². The fraction of sp³-hybridized carbons (Fsp3) is 0.500. The number of nitrogens with one attached hydrogen (secondary N) is 4. The number of rotatable bonds is 10. The fourth-order valence-electron chi connectivity index (χ4n) is 10.7. The minimum absolute atomic E-state index is 0.0277. The second kappa shape index (κ2) is 17.3. The van der Waals surface area contributed by atoms with E-state index in [4.69, 9.17) is 24.2 Å². The number of piperidine rings is 1. The third kappa shape index (κ3) is 7.89. The SMILES string of the molecule is COC(=O)N[C@H](C(=O)N1C(C)[C@H](C)C[C@H]1c1nc2c(ccc3cc(-c4ccc(-c5cnc([C@@H]6[C@H]7CC[C@H](C7)N6C(=O)[C@@H](NC(=O)OC)C6CCOCC6)[nH]5)cc4)ccc32)[nH]1)C(C)C. The number of fused-ring (bicyclic) bond motifs is 5. The molecule has 4 aliphatic rings. The van der Waals surface area contributed by atoms with Crippen LogP contribution in [0.2, 0.25) is 0 Å². The van der Waals surface area contributed by atoms with Gasteiger partial charge in [-0.05, 0) is 103 Å². The van der Waals surface area contributed by atoms with Crippen molar-refractivity contribution in [2.45, 2.75) is 102 Å². The summed E-state index contributed by atoms with van der Waals surface area (Å²) in [5.41, 5.74) is 5.74. The molecule has 1 aliphatic carbocycles. The van der Waals surface area contributed by atoms with Crippen molar-refractivity contribution in [3.05, 3.63) is 72.4 Å². The van der Waals surface area contributed by atoms with E-state index < -0.39 is 24.3 Å². The minimum atomic E-state index is -0.725. The van der Waals surface area contributed by atoms with Crippen LogP contribution in [0, 0.1) is 23.7 Å². The van der Waals surface area contributed by atoms with E-state index in [-0.39, 0.29) is 53.7 Å². The molecule has 1 unspecified atom stereocenters. The molecule has 332 valence electrons. The second-order valence-electron chi connectivity index (χ2n) is 18.3. The normalized spacial score (nSPS) is 24.6. The maximum absolute atomic E-state index is 14.4. The van der Waals surface area contributed by atoms with E-state index in [1.807, 2.05) is 35.9 Å². The number of methoxy groups -OCH3 is 2. The third-order valence-electron chi connectivity index (χ3n) is 14.3. The van der Waals surface area contributed by atoms with Gasteiger partial charge in [-0.3, -0.25) is 9.59 Å². The van der Waals surface area contributed by atoms with Crippen molar-refractivity contribution in [3.8, 4) is 22.4 Å². The molecule has 2 aromatic heterocycles. The molecule has 8 atom stereocenters. The highest BCUT2D eigenvalue weighted by Gasteiger charge is 2.52. The van der Waals surface area contributed by atoms with Crippen LogP contribution in [0.4, 0.5) is 9.59 Å². The molecule has 3 saturated heterocycles. The second-order valence-corrected chi connectivity index (χ2v) is 18.3. The van der Waals surface area contributed by atoms with E-state index in [0.29, 0.717) is 32.0 Å². The van der Waals surface area contributed by atoms with Crippen molar-refractivity contribution in [2.75, 3.05) is 27.4 Å². The Morgan fingerprint density at radius 3 is 2.24 bits per heavy atom. The Labute approximate surface area is 367 Å². The Kier molecular flexibility index (Phi) is 11.6. The molecule has 5 aromatic rings. The summed E-state index contributed by atoms with van der Waals surface area (Å²) in [6, 6.07) is 17.1. The van der Waals surface area contributed by atoms with Gasteiger partial charge in [0, 0.05) is 30.7 Å². The Morgan fingerprint density at radius 1 is 0.794 bits per heavy atom. The van der Waals surface area contributed by atoms with Gasteiger partial charge in [0.25, 0.3) is 0 Å². The first kappa shape index (κ1) is 42.3. The van der Waals surface area contributed by atoms with Gasteiger partial charge in [-0.15, -0.1) is 0 Å². The summed E-state index contributed by atoms with van der Waals surface area (Å²) in [6.07, 6.45) is 5.67. The molecule has 1 saturated carbocycles. The molecule has 3 aromatic carbocycles. The van der Waals surface area contributed by atoms with Crippen LogP contribution in [-0.2, 0) is 23.8 Å². The first-order chi connectivity index (χ1) is 30.4. The van der Waals surface area contributed by atoms with Gasteiger partial charge in [0.2, 0.25) is 11.8 Å². The lowest BCUT2D eigenvalue weighted by Crippen LogP contribution is -2.55. The van der Waals surface area contributed by atoms with Crippen LogP contribution in [0.5, 0.6) is 0 Å². The van der Waals surface area contributed by atoms with E-state index in [1.54, 1.807) is 0 Å². The van der Waals surface area contributed by atoms with E-state index >= 15 is 0 Å². The molecule has 4 amide bonds. The largest absolute Gasteiger partial charge is 0.453 e. The zero-order valence-corrected chi connectivity index (χ0v) is 36.9. The summed E-state index contributed by atoms with van der Waals surface area (Å²) in [7, 11) is 2.62. The highest BCUT2D eigenvalue weighted by molar-refractivity contribution is 6.05. The number of benzene rings is 3. The molecule has 15 nitrogen and oxygen atoms in total. The summed E-state index contributed by atoms with van der Waals surface area (Å²) in [6.45, 7) is 9.17. The molecule has 2 bridgehead atoms. The molecule has 0 spiro atoms. The monoisotopic (exact) mass is 858 g/mol. The molecule has 9 rings (SSSR count). The number of aromatic amines is 2. The van der Waals surface area contributed by atoms with E-state index in [0.717, 1.165) is 81.5 Å². The summed E-state index contributed by atoms with van der Waals surface area (Å²) in [4.78, 5) is 74.1. The maximum atomic E-state index is 14.4. The number of ether oxygens (including phenoxy) is 3. The van der Waals surface area contributed by atoms with E-state index in [2.05, 4.69) is 83.0 Å². The quantitative estimate of drug-likeness (QED) is 0.110. The number of nitrogens with zero attached hydrogens (tertiary/aromatic N) is 4. The first-order valence-corrected chi connectivity index (χ1v) is 22.4. The number of H-pyrrole nitrogens is 2. The fourth-order valence-corrected chi connectivity index (χ4v) is 10.7. The van der Waals surface area contributed by atoms with Crippen LogP contribution < -0.4 is 10.6 Å². The van der Waals surface area contributed by atoms with Gasteiger partial charge in [0.05, 0.1) is 49.2 Å². The first-order valence-electron chi connectivity index (χ1n) is 22.4. The van der Waals surface area contributed by atoms with Gasteiger partial charge in [-0.25, -0.2) is 19.6 Å². The molecule has 3 aliphatic heterocycles. The predicted octanol–water partition coefficient (Wildman–Crippen LogP) is 7.66. The van der Waals surface area contributed by atoms with Gasteiger partial charge in [0.1, 0.15) is 23.7 Å². The van der Waals surface area contributed by atoms with Crippen LogP contribution in [-0.4, -0.2) is 105 Å². The molecular weight excluding hydrogens is 801 g/mol. The van der Waals surface area contributed by atoms with E-state index in [1.165, 1.54) is 14.2 Å². The van der Waals surface area contributed by atoms with Crippen LogP contribution >= 0.6 is 0 Å². The van der Waals surface area contributed by atoms with Crippen LogP contribution in [0.1, 0.15) is 90.0 Å². The smallest absolute Gasteiger partial charge is 0.407 e. The van der Waals surface area contributed by atoms with Gasteiger partial charge < -0.3 is 44.6 Å². The highest BCUT2D eigenvalue weighted by atomic mass is 16.5. The number of amides is 4. The van der Waals surface area contributed by atoms with Gasteiger partial charge in [-0.2, -0.15) is 0 Å². The Morgan fingerprint density at radius 2 is 1.51 bits per heavy atom. The average Bonchev–Trinajstić information content (AvgIpc) is 4.16. The lowest BCUT2D eigenvalue weighted by molar-refractivity contribution is -0.140. The minimum Gasteiger partial charge on any atom is -0.453 e. The molecule has 4 fully saturated rings. The van der Waals surface area contributed by atoms with Crippen LogP contribution in [0.15, 0.2) is 60.8 Å². The van der Waals surface area contributed by atoms with Gasteiger partial charge >= 0.3 is 12.2 Å². The topological polar surface area (TPSA) is 184 Å². The number of alkyl carbamates (subject to hydrolysis) is 2. The molecular formula is C48H58N8O7. The highest BCUT2D eigenvalue weighted by Crippen LogP contribution is 2.50. The third-order valence-corrected chi connectivity index (χ3v) is 14.3. The number of hydrogen-bond acceptors (Lipinski definition) is 9. The average molecular weight is 859 g/mol. The van der Waals surface area contributed by atoms with Crippen molar-refractivity contribution in [2.24, 2.45) is 23.7 Å². The summed E-state index contributed by atoms with van der Waals surface area (Å²) in [5.74, 6) is 1.66. The van der Waals surface area contributed by atoms with Crippen molar-refractivity contribution < 1.29 is 33.4 Å².